The van der Waals surface area contributed by atoms with Gasteiger partial charge >= 0.3 is 0 Å². The first kappa shape index (κ1) is 14.0. The molecular weight excluding hydrogens is 280 g/mol. The van der Waals surface area contributed by atoms with Crippen LogP contribution in [-0.2, 0) is 13.1 Å². The summed E-state index contributed by atoms with van der Waals surface area (Å²) in [6.07, 6.45) is 3.77. The monoisotopic (exact) mass is 298 g/mol. The van der Waals surface area contributed by atoms with Gasteiger partial charge in [0.15, 0.2) is 0 Å². The topological polar surface area (TPSA) is 44.8 Å². The summed E-state index contributed by atoms with van der Waals surface area (Å²) in [5, 5.41) is 8.06. The summed E-state index contributed by atoms with van der Waals surface area (Å²) in [7, 11) is 2.11. The van der Waals surface area contributed by atoms with Crippen molar-refractivity contribution in [3.8, 4) is 10.6 Å². The molecule has 0 aliphatic carbocycles. The zero-order valence-corrected chi connectivity index (χ0v) is 13.0. The molecule has 0 radical (unpaired) electrons. The molecule has 3 aromatic rings. The van der Waals surface area contributed by atoms with E-state index in [0.717, 1.165) is 23.8 Å². The summed E-state index contributed by atoms with van der Waals surface area (Å²) in [6, 6.07) is 10.4. The Morgan fingerprint density at radius 2 is 2.05 bits per heavy atom. The van der Waals surface area contributed by atoms with Crippen molar-refractivity contribution in [1.29, 1.82) is 0 Å². The van der Waals surface area contributed by atoms with Crippen molar-refractivity contribution in [3.05, 3.63) is 58.9 Å². The van der Waals surface area contributed by atoms with Gasteiger partial charge in [0.05, 0.1) is 0 Å². The van der Waals surface area contributed by atoms with E-state index < -0.39 is 0 Å². The molecule has 3 rings (SSSR count). The fourth-order valence-electron chi connectivity index (χ4n) is 2.30. The molecule has 108 valence electrons. The normalized spacial score (nSPS) is 11.2. The van der Waals surface area contributed by atoms with Crippen molar-refractivity contribution in [2.24, 2.45) is 0 Å². The number of aryl methyl sites for hydroxylation is 1. The summed E-state index contributed by atoms with van der Waals surface area (Å²) in [6.45, 7) is 3.88. The molecule has 2 aromatic heterocycles. The van der Waals surface area contributed by atoms with Gasteiger partial charge in [0.2, 0.25) is 0 Å². The van der Waals surface area contributed by atoms with Gasteiger partial charge in [0, 0.05) is 41.6 Å². The van der Waals surface area contributed by atoms with Crippen LogP contribution in [0.15, 0.2) is 42.7 Å². The third-order valence-electron chi connectivity index (χ3n) is 3.35. The van der Waals surface area contributed by atoms with Gasteiger partial charge in [-0.2, -0.15) is 5.10 Å². The fraction of sp³-hybridized carbons (Fsp3) is 0.250. The van der Waals surface area contributed by atoms with Crippen LogP contribution in [0.4, 0.5) is 0 Å². The molecule has 0 fully saturated rings. The summed E-state index contributed by atoms with van der Waals surface area (Å²) in [5.74, 6) is 0. The maximum absolute atomic E-state index is 4.57. The zero-order valence-electron chi connectivity index (χ0n) is 12.2. The lowest BCUT2D eigenvalue weighted by Gasteiger charge is -2.13. The lowest BCUT2D eigenvalue weighted by molar-refractivity contribution is 0.317. The van der Waals surface area contributed by atoms with E-state index >= 15 is 0 Å². The van der Waals surface area contributed by atoms with E-state index in [2.05, 4.69) is 58.3 Å². The average molecular weight is 298 g/mol. The van der Waals surface area contributed by atoms with Gasteiger partial charge in [-0.3, -0.25) is 10.00 Å². The van der Waals surface area contributed by atoms with E-state index in [9.17, 15) is 0 Å². The lowest BCUT2D eigenvalue weighted by atomic mass is 10.1. The van der Waals surface area contributed by atoms with Crippen molar-refractivity contribution in [3.63, 3.8) is 0 Å². The second-order valence-electron chi connectivity index (χ2n) is 5.20. The van der Waals surface area contributed by atoms with Gasteiger partial charge in [-0.05, 0) is 25.6 Å². The molecule has 21 heavy (non-hydrogen) atoms. The van der Waals surface area contributed by atoms with Gasteiger partial charge in [0.1, 0.15) is 5.01 Å². The van der Waals surface area contributed by atoms with E-state index in [-0.39, 0.29) is 0 Å². The Kier molecular flexibility index (Phi) is 4.13. The molecule has 4 nitrogen and oxygen atoms in total. The molecule has 0 saturated carbocycles. The Hall–Kier alpha value is -1.98. The Morgan fingerprint density at radius 3 is 2.81 bits per heavy atom. The number of H-pyrrole nitrogens is 1. The largest absolute Gasteiger partial charge is 0.295 e. The number of benzene rings is 1. The van der Waals surface area contributed by atoms with Gasteiger partial charge in [0.25, 0.3) is 0 Å². The van der Waals surface area contributed by atoms with Crippen LogP contribution in [0, 0.1) is 6.92 Å². The van der Waals surface area contributed by atoms with E-state index in [1.54, 1.807) is 17.5 Å². The Balaban J connectivity index is 1.69. The number of aromatic amines is 1. The Morgan fingerprint density at radius 1 is 1.19 bits per heavy atom. The van der Waals surface area contributed by atoms with Gasteiger partial charge < -0.3 is 0 Å². The van der Waals surface area contributed by atoms with Crippen LogP contribution in [0.1, 0.15) is 16.1 Å². The molecule has 0 amide bonds. The highest BCUT2D eigenvalue weighted by atomic mass is 32.1. The third kappa shape index (κ3) is 3.37. The van der Waals surface area contributed by atoms with Crippen LogP contribution in [-0.4, -0.2) is 27.1 Å². The van der Waals surface area contributed by atoms with Gasteiger partial charge in [-0.25, -0.2) is 4.98 Å². The highest BCUT2D eigenvalue weighted by Gasteiger charge is 2.09. The Labute approximate surface area is 128 Å². The third-order valence-corrected chi connectivity index (χ3v) is 4.37. The van der Waals surface area contributed by atoms with Crippen molar-refractivity contribution < 1.29 is 0 Å². The first-order valence-corrected chi connectivity index (χ1v) is 7.71. The Bertz CT molecular complexity index is 703. The minimum Gasteiger partial charge on any atom is -0.295 e. The highest BCUT2D eigenvalue weighted by molar-refractivity contribution is 7.15. The van der Waals surface area contributed by atoms with Crippen LogP contribution in [0.5, 0.6) is 0 Å². The zero-order chi connectivity index (χ0) is 14.7. The predicted molar refractivity (Wildman–Crippen MR) is 86.0 cm³/mol. The predicted octanol–water partition coefficient (Wildman–Crippen LogP) is 3.47. The summed E-state index contributed by atoms with van der Waals surface area (Å²) < 4.78 is 0. The SMILES string of the molecule is Cc1ccccc1-c1ncc(CN(C)Cc2ccn[nH]2)s1. The number of thiazole rings is 1. The maximum Gasteiger partial charge on any atom is 0.123 e. The maximum atomic E-state index is 4.57. The number of nitrogens with zero attached hydrogens (tertiary/aromatic N) is 3. The van der Waals surface area contributed by atoms with Gasteiger partial charge in [-0.15, -0.1) is 11.3 Å². The average Bonchev–Trinajstić information content (AvgIpc) is 3.11. The van der Waals surface area contributed by atoms with Crippen molar-refractivity contribution in [2.45, 2.75) is 20.0 Å². The van der Waals surface area contributed by atoms with Crippen LogP contribution in [0.3, 0.4) is 0 Å². The standard InChI is InChI=1S/C16H18N4S/c1-12-5-3-4-6-15(12)16-17-9-14(21-16)11-20(2)10-13-7-8-18-19-13/h3-9H,10-11H2,1-2H3,(H,18,19). The molecule has 0 saturated heterocycles. The van der Waals surface area contributed by atoms with Crippen molar-refractivity contribution in [2.75, 3.05) is 7.05 Å². The van der Waals surface area contributed by atoms with Crippen LogP contribution < -0.4 is 0 Å². The number of hydrogen-bond acceptors (Lipinski definition) is 4. The molecule has 0 spiro atoms. The van der Waals surface area contributed by atoms with Crippen LogP contribution in [0.2, 0.25) is 0 Å². The molecule has 0 aliphatic rings. The summed E-state index contributed by atoms with van der Waals surface area (Å²) in [5.41, 5.74) is 3.62. The van der Waals surface area contributed by atoms with Crippen LogP contribution >= 0.6 is 11.3 Å². The number of aromatic nitrogens is 3. The van der Waals surface area contributed by atoms with E-state index in [4.69, 9.17) is 0 Å². The number of hydrogen-bond donors (Lipinski definition) is 1. The van der Waals surface area contributed by atoms with E-state index in [1.165, 1.54) is 16.0 Å². The minimum absolute atomic E-state index is 0.859. The van der Waals surface area contributed by atoms with Crippen molar-refractivity contribution >= 4 is 11.3 Å². The number of rotatable bonds is 5. The first-order chi connectivity index (χ1) is 10.2. The first-order valence-electron chi connectivity index (χ1n) is 6.90. The molecular formula is C16H18N4S. The molecule has 0 bridgehead atoms. The smallest absolute Gasteiger partial charge is 0.123 e. The molecule has 5 heteroatoms. The fourth-order valence-corrected chi connectivity index (χ4v) is 3.39. The molecule has 0 atom stereocenters. The van der Waals surface area contributed by atoms with Crippen LogP contribution in [0.25, 0.3) is 10.6 Å². The van der Waals surface area contributed by atoms with E-state index in [1.807, 2.05) is 12.3 Å². The second-order valence-corrected chi connectivity index (χ2v) is 6.32. The molecule has 1 N–H and O–H groups in total. The quantitative estimate of drug-likeness (QED) is 0.784. The summed E-state index contributed by atoms with van der Waals surface area (Å²) in [4.78, 5) is 8.10. The summed E-state index contributed by atoms with van der Waals surface area (Å²) >= 11 is 1.76. The number of nitrogens with one attached hydrogen (secondary N) is 1. The molecule has 2 heterocycles. The van der Waals surface area contributed by atoms with Crippen molar-refractivity contribution in [1.82, 2.24) is 20.1 Å². The van der Waals surface area contributed by atoms with Gasteiger partial charge in [-0.1, -0.05) is 24.3 Å². The molecule has 0 unspecified atom stereocenters. The van der Waals surface area contributed by atoms with E-state index in [0.29, 0.717) is 0 Å². The minimum atomic E-state index is 0.859. The molecule has 1 aromatic carbocycles. The highest BCUT2D eigenvalue weighted by Crippen LogP contribution is 2.28. The molecule has 0 aliphatic heterocycles. The second kappa shape index (κ2) is 6.20. The lowest BCUT2D eigenvalue weighted by Crippen LogP contribution is -2.16.